The number of aliphatic hydroxyl groups excluding tert-OH is 1. The lowest BCUT2D eigenvalue weighted by Crippen LogP contribution is -2.32. The minimum atomic E-state index is -0.366. The van der Waals surface area contributed by atoms with E-state index >= 15 is 0 Å². The van der Waals surface area contributed by atoms with E-state index in [1.807, 2.05) is 12.1 Å². The predicted octanol–water partition coefficient (Wildman–Crippen LogP) is 3.87. The van der Waals surface area contributed by atoms with Crippen LogP contribution in [0.1, 0.15) is 57.8 Å². The molecule has 2 heteroatoms. The fourth-order valence-corrected chi connectivity index (χ4v) is 2.41. The number of aliphatic hydroxyl groups is 1. The summed E-state index contributed by atoms with van der Waals surface area (Å²) >= 11 is 0. The summed E-state index contributed by atoms with van der Waals surface area (Å²) in [6, 6.07) is 6.12. The summed E-state index contributed by atoms with van der Waals surface area (Å²) < 4.78 is 5.96. The van der Waals surface area contributed by atoms with Crippen LogP contribution in [0.25, 0.3) is 0 Å². The molecule has 1 aliphatic heterocycles. The topological polar surface area (TPSA) is 29.5 Å². The predicted molar refractivity (Wildman–Crippen MR) is 73.9 cm³/mol. The molecule has 2 nitrogen and oxygen atoms in total. The Balaban J connectivity index is 2.24. The third kappa shape index (κ3) is 2.69. The van der Waals surface area contributed by atoms with E-state index in [0.29, 0.717) is 5.92 Å². The first-order chi connectivity index (χ1) is 8.43. The second-order valence-electron chi connectivity index (χ2n) is 6.06. The Bertz CT molecular complexity index is 423. The number of ether oxygens (including phenoxy) is 1. The van der Waals surface area contributed by atoms with Gasteiger partial charge in [0, 0.05) is 0 Å². The van der Waals surface area contributed by atoms with Crippen molar-refractivity contribution in [2.45, 2.75) is 58.7 Å². The SMILES string of the molecule is CC[C@@H](C)C(O)c1ccc2c(c1)CCC(C)(C)O2. The smallest absolute Gasteiger partial charge is 0.123 e. The van der Waals surface area contributed by atoms with E-state index in [4.69, 9.17) is 4.74 Å². The first-order valence-electron chi connectivity index (χ1n) is 6.93. The monoisotopic (exact) mass is 248 g/mol. The zero-order valence-electron chi connectivity index (χ0n) is 11.9. The number of hydrogen-bond donors (Lipinski definition) is 1. The molecule has 0 bridgehead atoms. The number of benzene rings is 1. The Labute approximate surface area is 110 Å². The minimum absolute atomic E-state index is 0.0656. The second-order valence-corrected chi connectivity index (χ2v) is 6.06. The van der Waals surface area contributed by atoms with Gasteiger partial charge in [-0.25, -0.2) is 0 Å². The lowest BCUT2D eigenvalue weighted by Gasteiger charge is -2.33. The van der Waals surface area contributed by atoms with E-state index in [9.17, 15) is 5.11 Å². The number of hydrogen-bond acceptors (Lipinski definition) is 2. The molecule has 0 spiro atoms. The van der Waals surface area contributed by atoms with Crippen molar-refractivity contribution in [1.82, 2.24) is 0 Å². The van der Waals surface area contributed by atoms with E-state index in [0.717, 1.165) is 30.6 Å². The maximum Gasteiger partial charge on any atom is 0.123 e. The highest BCUT2D eigenvalue weighted by molar-refractivity contribution is 5.40. The molecule has 0 saturated carbocycles. The van der Waals surface area contributed by atoms with E-state index in [1.54, 1.807) is 0 Å². The molecule has 0 aromatic heterocycles. The molecule has 0 amide bonds. The first-order valence-corrected chi connectivity index (χ1v) is 6.93. The van der Waals surface area contributed by atoms with Crippen LogP contribution >= 0.6 is 0 Å². The second kappa shape index (κ2) is 4.93. The van der Waals surface area contributed by atoms with Crippen molar-refractivity contribution in [3.8, 4) is 5.75 Å². The van der Waals surface area contributed by atoms with Gasteiger partial charge in [-0.2, -0.15) is 0 Å². The Morgan fingerprint density at radius 3 is 2.78 bits per heavy atom. The summed E-state index contributed by atoms with van der Waals surface area (Å²) in [5.74, 6) is 1.27. The summed E-state index contributed by atoms with van der Waals surface area (Å²) in [6.07, 6.45) is 2.68. The maximum atomic E-state index is 10.3. The molecule has 100 valence electrons. The Kier molecular flexibility index (Phi) is 3.67. The van der Waals surface area contributed by atoms with Crippen LogP contribution in [0, 0.1) is 5.92 Å². The maximum absolute atomic E-state index is 10.3. The average Bonchev–Trinajstić information content (AvgIpc) is 2.35. The number of rotatable bonds is 3. The van der Waals surface area contributed by atoms with Gasteiger partial charge in [-0.3, -0.25) is 0 Å². The van der Waals surface area contributed by atoms with Crippen LogP contribution in [-0.2, 0) is 6.42 Å². The van der Waals surface area contributed by atoms with Crippen LogP contribution in [-0.4, -0.2) is 10.7 Å². The molecule has 1 aromatic rings. The molecule has 0 fully saturated rings. The summed E-state index contributed by atoms with van der Waals surface area (Å²) in [7, 11) is 0. The van der Waals surface area contributed by atoms with Crippen LogP contribution < -0.4 is 4.74 Å². The van der Waals surface area contributed by atoms with Gasteiger partial charge in [0.1, 0.15) is 11.4 Å². The van der Waals surface area contributed by atoms with Crippen LogP contribution in [0.3, 0.4) is 0 Å². The van der Waals surface area contributed by atoms with E-state index in [1.165, 1.54) is 5.56 Å². The summed E-state index contributed by atoms with van der Waals surface area (Å²) in [5, 5.41) is 10.3. The van der Waals surface area contributed by atoms with Crippen molar-refractivity contribution in [3.05, 3.63) is 29.3 Å². The van der Waals surface area contributed by atoms with Crippen molar-refractivity contribution in [1.29, 1.82) is 0 Å². The molecule has 1 aromatic carbocycles. The summed E-state index contributed by atoms with van der Waals surface area (Å²) in [6.45, 7) is 8.44. The van der Waals surface area contributed by atoms with Gasteiger partial charge in [0.15, 0.2) is 0 Å². The van der Waals surface area contributed by atoms with Gasteiger partial charge in [0.05, 0.1) is 6.10 Å². The van der Waals surface area contributed by atoms with Gasteiger partial charge in [0.25, 0.3) is 0 Å². The molecule has 1 heterocycles. The Hall–Kier alpha value is -1.02. The molecule has 18 heavy (non-hydrogen) atoms. The molecule has 0 saturated heterocycles. The third-order valence-corrected chi connectivity index (χ3v) is 3.99. The zero-order chi connectivity index (χ0) is 13.3. The van der Waals surface area contributed by atoms with Gasteiger partial charge in [-0.15, -0.1) is 0 Å². The Morgan fingerprint density at radius 1 is 1.39 bits per heavy atom. The fourth-order valence-electron chi connectivity index (χ4n) is 2.41. The lowest BCUT2D eigenvalue weighted by molar-refractivity contribution is 0.0838. The number of aryl methyl sites for hydroxylation is 1. The highest BCUT2D eigenvalue weighted by Gasteiger charge is 2.27. The van der Waals surface area contributed by atoms with Gasteiger partial charge < -0.3 is 9.84 Å². The Morgan fingerprint density at radius 2 is 2.11 bits per heavy atom. The van der Waals surface area contributed by atoms with E-state index in [2.05, 4.69) is 33.8 Å². The first kappa shape index (κ1) is 13.4. The number of fused-ring (bicyclic) bond motifs is 1. The van der Waals surface area contributed by atoms with E-state index < -0.39 is 0 Å². The molecular formula is C16H24O2. The molecule has 1 aliphatic rings. The standard InChI is InChI=1S/C16H24O2/c1-5-11(2)15(17)13-6-7-14-12(10-13)8-9-16(3,4)18-14/h6-7,10-11,15,17H,5,8-9H2,1-4H3/t11-,15?/m1/s1. The van der Waals surface area contributed by atoms with Crippen LogP contribution in [0.15, 0.2) is 18.2 Å². The van der Waals surface area contributed by atoms with Gasteiger partial charge in [-0.05, 0) is 55.9 Å². The van der Waals surface area contributed by atoms with Crippen molar-refractivity contribution in [2.24, 2.45) is 5.92 Å². The van der Waals surface area contributed by atoms with Crippen molar-refractivity contribution in [3.63, 3.8) is 0 Å². The largest absolute Gasteiger partial charge is 0.488 e. The molecule has 2 atom stereocenters. The lowest BCUT2D eigenvalue weighted by atomic mass is 9.90. The zero-order valence-corrected chi connectivity index (χ0v) is 11.9. The van der Waals surface area contributed by atoms with E-state index in [-0.39, 0.29) is 11.7 Å². The highest BCUT2D eigenvalue weighted by atomic mass is 16.5. The molecule has 1 unspecified atom stereocenters. The highest BCUT2D eigenvalue weighted by Crippen LogP contribution is 2.35. The molecule has 1 N–H and O–H groups in total. The van der Waals surface area contributed by atoms with Crippen molar-refractivity contribution in [2.75, 3.05) is 0 Å². The molecule has 0 aliphatic carbocycles. The molecular weight excluding hydrogens is 224 g/mol. The van der Waals surface area contributed by atoms with Crippen molar-refractivity contribution < 1.29 is 9.84 Å². The fraction of sp³-hybridized carbons (Fsp3) is 0.625. The summed E-state index contributed by atoms with van der Waals surface area (Å²) in [5.41, 5.74) is 2.18. The minimum Gasteiger partial charge on any atom is -0.488 e. The molecule has 2 rings (SSSR count). The normalized spacial score (nSPS) is 20.7. The quantitative estimate of drug-likeness (QED) is 0.880. The van der Waals surface area contributed by atoms with Gasteiger partial charge in [0.2, 0.25) is 0 Å². The third-order valence-electron chi connectivity index (χ3n) is 3.99. The van der Waals surface area contributed by atoms with Gasteiger partial charge >= 0.3 is 0 Å². The van der Waals surface area contributed by atoms with Gasteiger partial charge in [-0.1, -0.05) is 26.3 Å². The van der Waals surface area contributed by atoms with Crippen LogP contribution in [0.5, 0.6) is 5.75 Å². The van der Waals surface area contributed by atoms with Crippen molar-refractivity contribution >= 4 is 0 Å². The average molecular weight is 248 g/mol. The van der Waals surface area contributed by atoms with Crippen LogP contribution in [0.4, 0.5) is 0 Å². The van der Waals surface area contributed by atoms with Crippen LogP contribution in [0.2, 0.25) is 0 Å². The summed E-state index contributed by atoms with van der Waals surface area (Å²) in [4.78, 5) is 0. The molecule has 0 radical (unpaired) electrons.